The number of anilines is 1. The van der Waals surface area contributed by atoms with Gasteiger partial charge in [-0.3, -0.25) is 14.5 Å². The van der Waals surface area contributed by atoms with Crippen molar-refractivity contribution in [3.8, 4) is 23.0 Å². The number of hydrogen-bond acceptors (Lipinski definition) is 9. The number of thiazole rings is 1. The lowest BCUT2D eigenvalue weighted by atomic mass is 9.95. The summed E-state index contributed by atoms with van der Waals surface area (Å²) in [4.78, 5) is 33.4. The Morgan fingerprint density at radius 2 is 1.67 bits per heavy atom. The van der Waals surface area contributed by atoms with E-state index in [1.807, 2.05) is 25.1 Å². The van der Waals surface area contributed by atoms with Crippen molar-refractivity contribution in [2.45, 2.75) is 39.2 Å². The van der Waals surface area contributed by atoms with Crippen LogP contribution < -0.4 is 23.8 Å². The number of rotatable bonds is 12. The van der Waals surface area contributed by atoms with Crippen LogP contribution in [0.2, 0.25) is 0 Å². The smallest absolute Gasteiger partial charge is 0.301 e. The van der Waals surface area contributed by atoms with Gasteiger partial charge in [0, 0.05) is 5.56 Å². The summed E-state index contributed by atoms with van der Waals surface area (Å²) in [6, 6.07) is 16.4. The minimum Gasteiger partial charge on any atom is -0.507 e. The van der Waals surface area contributed by atoms with E-state index in [0.29, 0.717) is 58.0 Å². The number of methoxy groups -OCH3 is 2. The van der Waals surface area contributed by atoms with Crippen molar-refractivity contribution in [3.63, 3.8) is 0 Å². The van der Waals surface area contributed by atoms with Crippen molar-refractivity contribution in [3.05, 3.63) is 77.4 Å². The number of amides is 1. The number of benzene rings is 3. The third-order valence-corrected chi connectivity index (χ3v) is 8.20. The Morgan fingerprint density at radius 3 is 2.37 bits per heavy atom. The molecule has 1 unspecified atom stereocenters. The molecule has 1 fully saturated rings. The minimum absolute atomic E-state index is 0.0527. The molecule has 0 aliphatic carbocycles. The Hall–Kier alpha value is -4.57. The van der Waals surface area contributed by atoms with Crippen LogP contribution in [0.25, 0.3) is 16.0 Å². The van der Waals surface area contributed by atoms with E-state index >= 15 is 0 Å². The summed E-state index contributed by atoms with van der Waals surface area (Å²) in [7, 11) is 3.08. The van der Waals surface area contributed by atoms with E-state index in [-0.39, 0.29) is 11.3 Å². The molecule has 10 heteroatoms. The molecule has 1 aliphatic heterocycles. The van der Waals surface area contributed by atoms with Crippen LogP contribution in [0, 0.1) is 0 Å². The Labute approximate surface area is 254 Å². The van der Waals surface area contributed by atoms with Crippen LogP contribution >= 0.6 is 11.3 Å². The molecule has 3 aromatic carbocycles. The molecular formula is C33H34N2O7S. The van der Waals surface area contributed by atoms with Gasteiger partial charge in [-0.05, 0) is 73.5 Å². The van der Waals surface area contributed by atoms with Gasteiger partial charge in [-0.2, -0.15) is 0 Å². The molecule has 0 bridgehead atoms. The van der Waals surface area contributed by atoms with E-state index < -0.39 is 17.7 Å². The molecule has 0 saturated carbocycles. The van der Waals surface area contributed by atoms with Crippen LogP contribution in [0.15, 0.2) is 66.2 Å². The van der Waals surface area contributed by atoms with E-state index in [9.17, 15) is 14.7 Å². The Balaban J connectivity index is 1.64. The molecule has 2 heterocycles. The number of carbonyl (C=O) groups excluding carboxylic acids is 2. The predicted octanol–water partition coefficient (Wildman–Crippen LogP) is 6.91. The highest BCUT2D eigenvalue weighted by Crippen LogP contribution is 2.46. The summed E-state index contributed by atoms with van der Waals surface area (Å²) in [5.41, 5.74) is 1.54. The quantitative estimate of drug-likeness (QED) is 0.0807. The van der Waals surface area contributed by atoms with Crippen LogP contribution in [0.5, 0.6) is 23.0 Å². The van der Waals surface area contributed by atoms with Crippen molar-refractivity contribution in [1.82, 2.24) is 4.98 Å². The summed E-state index contributed by atoms with van der Waals surface area (Å²) in [6.45, 7) is 5.08. The van der Waals surface area contributed by atoms with Gasteiger partial charge in [0.2, 0.25) is 0 Å². The van der Waals surface area contributed by atoms with E-state index in [1.54, 1.807) is 49.6 Å². The second-order valence-corrected chi connectivity index (χ2v) is 10.9. The fraction of sp³-hybridized carbons (Fsp3) is 0.303. The van der Waals surface area contributed by atoms with E-state index in [4.69, 9.17) is 23.9 Å². The highest BCUT2D eigenvalue weighted by Gasteiger charge is 2.48. The highest BCUT2D eigenvalue weighted by molar-refractivity contribution is 7.22. The van der Waals surface area contributed by atoms with Gasteiger partial charge in [0.25, 0.3) is 5.78 Å². The predicted molar refractivity (Wildman–Crippen MR) is 167 cm³/mol. The van der Waals surface area contributed by atoms with Gasteiger partial charge in [0.1, 0.15) is 17.3 Å². The fourth-order valence-electron chi connectivity index (χ4n) is 5.01. The van der Waals surface area contributed by atoms with E-state index in [2.05, 4.69) is 6.92 Å². The molecule has 1 amide bonds. The SMILES string of the molecule is CCCCCOc1ccc(C2/C(=C(\O)c3ccc(OC)cc3)C(=O)C(=O)N2c2nc3ccc(OCC)cc3s2)cc1OC. The highest BCUT2D eigenvalue weighted by atomic mass is 32.1. The topological polar surface area (TPSA) is 107 Å². The summed E-state index contributed by atoms with van der Waals surface area (Å²) >= 11 is 1.27. The van der Waals surface area contributed by atoms with Crippen LogP contribution in [0.3, 0.4) is 0 Å². The molecule has 43 heavy (non-hydrogen) atoms. The molecule has 1 N–H and O–H groups in total. The molecule has 1 aromatic heterocycles. The van der Waals surface area contributed by atoms with Gasteiger partial charge in [-0.1, -0.05) is 37.2 Å². The van der Waals surface area contributed by atoms with Crippen LogP contribution in [-0.2, 0) is 9.59 Å². The van der Waals surface area contributed by atoms with Gasteiger partial charge >= 0.3 is 5.91 Å². The number of unbranched alkanes of at least 4 members (excludes halogenated alkanes) is 2. The van der Waals surface area contributed by atoms with Crippen molar-refractivity contribution in [2.24, 2.45) is 0 Å². The number of ether oxygens (including phenoxy) is 4. The van der Waals surface area contributed by atoms with Crippen molar-refractivity contribution < 1.29 is 33.6 Å². The first-order valence-electron chi connectivity index (χ1n) is 14.2. The maximum absolute atomic E-state index is 13.7. The van der Waals surface area contributed by atoms with Crippen LogP contribution in [-0.4, -0.2) is 49.2 Å². The number of nitrogens with zero attached hydrogens (tertiary/aromatic N) is 2. The fourth-order valence-corrected chi connectivity index (χ4v) is 6.03. The maximum atomic E-state index is 13.7. The summed E-state index contributed by atoms with van der Waals surface area (Å²) < 4.78 is 23.3. The lowest BCUT2D eigenvalue weighted by Gasteiger charge is -2.24. The first-order valence-corrected chi connectivity index (χ1v) is 15.0. The molecule has 5 rings (SSSR count). The number of ketones is 1. The largest absolute Gasteiger partial charge is 0.507 e. The average Bonchev–Trinajstić information content (AvgIpc) is 3.56. The number of aromatic nitrogens is 1. The molecule has 9 nitrogen and oxygen atoms in total. The molecule has 224 valence electrons. The summed E-state index contributed by atoms with van der Waals surface area (Å²) in [5.74, 6) is 0.380. The molecule has 0 radical (unpaired) electrons. The molecular weight excluding hydrogens is 568 g/mol. The monoisotopic (exact) mass is 602 g/mol. The molecule has 4 aromatic rings. The minimum atomic E-state index is -0.975. The third-order valence-electron chi connectivity index (χ3n) is 7.18. The lowest BCUT2D eigenvalue weighted by molar-refractivity contribution is -0.132. The Kier molecular flexibility index (Phi) is 9.16. The number of Topliss-reactive ketones (excluding diaryl/α,β-unsaturated/α-hetero) is 1. The maximum Gasteiger partial charge on any atom is 0.301 e. The van der Waals surface area contributed by atoms with E-state index in [1.165, 1.54) is 23.3 Å². The zero-order chi connectivity index (χ0) is 30.5. The summed E-state index contributed by atoms with van der Waals surface area (Å²) in [5, 5.41) is 11.8. The van der Waals surface area contributed by atoms with Gasteiger partial charge in [-0.15, -0.1) is 0 Å². The number of hydrogen-bond donors (Lipinski definition) is 1. The standard InChI is InChI=1S/C33H34N2O7S/c1-5-7-8-17-42-25-16-11-21(18-26(25)40-4)29-28(30(36)20-9-12-22(39-3)13-10-20)31(37)32(38)35(29)33-34-24-15-14-23(41-6-2)19-27(24)43-33/h9-16,18-19,29,36H,5-8,17H2,1-4H3/b30-28+. The normalized spacial score (nSPS) is 16.1. The summed E-state index contributed by atoms with van der Waals surface area (Å²) in [6.07, 6.45) is 3.03. The van der Waals surface area contributed by atoms with Crippen LogP contribution in [0.1, 0.15) is 50.3 Å². The lowest BCUT2D eigenvalue weighted by Crippen LogP contribution is -2.29. The average molecular weight is 603 g/mol. The molecule has 1 saturated heterocycles. The van der Waals surface area contributed by atoms with Crippen molar-refractivity contribution >= 4 is 44.1 Å². The molecule has 1 atom stereocenters. The van der Waals surface area contributed by atoms with E-state index in [0.717, 1.165) is 24.0 Å². The zero-order valence-corrected chi connectivity index (χ0v) is 25.4. The number of aliphatic hydroxyl groups is 1. The second-order valence-electron chi connectivity index (χ2n) is 9.92. The zero-order valence-electron chi connectivity index (χ0n) is 24.6. The number of aliphatic hydroxyl groups excluding tert-OH is 1. The van der Waals surface area contributed by atoms with Gasteiger partial charge < -0.3 is 24.1 Å². The van der Waals surface area contributed by atoms with Crippen LogP contribution in [0.4, 0.5) is 5.13 Å². The second kappa shape index (κ2) is 13.2. The Morgan fingerprint density at radius 1 is 0.907 bits per heavy atom. The van der Waals surface area contributed by atoms with Gasteiger partial charge in [-0.25, -0.2) is 4.98 Å². The van der Waals surface area contributed by atoms with Gasteiger partial charge in [0.05, 0.1) is 49.3 Å². The van der Waals surface area contributed by atoms with Gasteiger partial charge in [0.15, 0.2) is 16.6 Å². The molecule has 1 aliphatic rings. The van der Waals surface area contributed by atoms with Crippen molar-refractivity contribution in [1.29, 1.82) is 0 Å². The first-order chi connectivity index (χ1) is 20.9. The first kappa shape index (κ1) is 29.9. The van der Waals surface area contributed by atoms with Crippen molar-refractivity contribution in [2.75, 3.05) is 32.3 Å². The number of carbonyl (C=O) groups is 2. The molecule has 0 spiro atoms. The third kappa shape index (κ3) is 6.01. The Bertz CT molecular complexity index is 1660. The number of fused-ring (bicyclic) bond motifs is 1.